The monoisotopic (exact) mass is 234 g/mol. The van der Waals surface area contributed by atoms with E-state index in [4.69, 9.17) is 5.73 Å². The van der Waals surface area contributed by atoms with Crippen molar-refractivity contribution in [2.75, 3.05) is 18.1 Å². The zero-order valence-corrected chi connectivity index (χ0v) is 9.96. The molecule has 15 heavy (non-hydrogen) atoms. The minimum absolute atomic E-state index is 0.0826. The van der Waals surface area contributed by atoms with Gasteiger partial charge in [0.05, 0.1) is 17.5 Å². The number of carbonyl (C=O) groups is 1. The first kappa shape index (κ1) is 12.4. The van der Waals surface area contributed by atoms with Crippen LogP contribution in [0.4, 0.5) is 0 Å². The molecule has 0 aromatic carbocycles. The molecule has 1 unspecified atom stereocenters. The Morgan fingerprint density at radius 3 is 2.53 bits per heavy atom. The van der Waals surface area contributed by atoms with E-state index in [9.17, 15) is 13.2 Å². The Labute approximate surface area is 90.5 Å². The normalized spacial score (nSPS) is 26.2. The summed E-state index contributed by atoms with van der Waals surface area (Å²) in [6.45, 7) is 3.97. The SMILES string of the molecule is CCN(C(=O)[C@@H](C)N)C1CCS(=O)(=O)C1. The van der Waals surface area contributed by atoms with E-state index in [-0.39, 0.29) is 23.5 Å². The minimum atomic E-state index is -2.94. The second-order valence-corrected chi connectivity index (χ2v) is 6.20. The van der Waals surface area contributed by atoms with E-state index in [2.05, 4.69) is 0 Å². The highest BCUT2D eigenvalue weighted by Crippen LogP contribution is 2.18. The van der Waals surface area contributed by atoms with Crippen molar-refractivity contribution in [2.24, 2.45) is 5.73 Å². The molecule has 0 aromatic rings. The Kier molecular flexibility index (Phi) is 3.72. The van der Waals surface area contributed by atoms with E-state index in [1.165, 1.54) is 0 Å². The first-order chi connectivity index (χ1) is 6.87. The van der Waals surface area contributed by atoms with E-state index < -0.39 is 15.9 Å². The van der Waals surface area contributed by atoms with Gasteiger partial charge >= 0.3 is 0 Å². The lowest BCUT2D eigenvalue weighted by molar-refractivity contribution is -0.133. The maximum absolute atomic E-state index is 11.7. The highest BCUT2D eigenvalue weighted by Gasteiger charge is 2.34. The van der Waals surface area contributed by atoms with Gasteiger partial charge in [0.25, 0.3) is 0 Å². The van der Waals surface area contributed by atoms with E-state index in [1.54, 1.807) is 11.8 Å². The molecule has 1 aliphatic rings. The maximum Gasteiger partial charge on any atom is 0.239 e. The molecule has 1 rings (SSSR count). The van der Waals surface area contributed by atoms with Crippen LogP contribution in [0.1, 0.15) is 20.3 Å². The number of likely N-dealkylation sites (N-methyl/N-ethyl adjacent to an activating group) is 1. The third kappa shape index (κ3) is 2.92. The fourth-order valence-electron chi connectivity index (χ4n) is 1.88. The van der Waals surface area contributed by atoms with Gasteiger partial charge < -0.3 is 10.6 Å². The van der Waals surface area contributed by atoms with Crippen LogP contribution in [0, 0.1) is 0 Å². The largest absolute Gasteiger partial charge is 0.338 e. The van der Waals surface area contributed by atoms with Crippen LogP contribution in [0.2, 0.25) is 0 Å². The van der Waals surface area contributed by atoms with Gasteiger partial charge in [-0.15, -0.1) is 0 Å². The number of sulfone groups is 1. The molecule has 2 atom stereocenters. The first-order valence-electron chi connectivity index (χ1n) is 5.14. The fourth-order valence-corrected chi connectivity index (χ4v) is 3.61. The van der Waals surface area contributed by atoms with Crippen molar-refractivity contribution in [1.29, 1.82) is 0 Å². The second kappa shape index (κ2) is 4.49. The minimum Gasteiger partial charge on any atom is -0.338 e. The molecular weight excluding hydrogens is 216 g/mol. The number of amides is 1. The van der Waals surface area contributed by atoms with Gasteiger partial charge in [-0.25, -0.2) is 8.42 Å². The van der Waals surface area contributed by atoms with Crippen molar-refractivity contribution in [1.82, 2.24) is 4.90 Å². The molecule has 0 bridgehead atoms. The molecule has 0 aromatic heterocycles. The molecule has 6 heteroatoms. The zero-order chi connectivity index (χ0) is 11.6. The van der Waals surface area contributed by atoms with Crippen molar-refractivity contribution in [3.63, 3.8) is 0 Å². The number of nitrogens with two attached hydrogens (primary N) is 1. The summed E-state index contributed by atoms with van der Waals surface area (Å²) in [6, 6.07) is -0.744. The predicted molar refractivity (Wildman–Crippen MR) is 58.1 cm³/mol. The Balaban J connectivity index is 2.73. The maximum atomic E-state index is 11.7. The molecule has 1 amide bonds. The molecule has 0 saturated carbocycles. The van der Waals surface area contributed by atoms with Gasteiger partial charge in [-0.1, -0.05) is 0 Å². The standard InChI is InChI=1S/C9H18N2O3S/c1-3-11(9(12)7(2)10)8-4-5-15(13,14)6-8/h7-8H,3-6,10H2,1-2H3/t7-,8?/m1/s1. The molecule has 0 aliphatic carbocycles. The highest BCUT2D eigenvalue weighted by molar-refractivity contribution is 7.91. The highest BCUT2D eigenvalue weighted by atomic mass is 32.2. The number of nitrogens with zero attached hydrogens (tertiary/aromatic N) is 1. The van der Waals surface area contributed by atoms with Crippen molar-refractivity contribution in [3.05, 3.63) is 0 Å². The van der Waals surface area contributed by atoms with Gasteiger partial charge in [0, 0.05) is 12.6 Å². The quantitative estimate of drug-likeness (QED) is 0.705. The van der Waals surface area contributed by atoms with Gasteiger partial charge in [0.15, 0.2) is 9.84 Å². The molecule has 2 N–H and O–H groups in total. The Morgan fingerprint density at radius 2 is 2.20 bits per heavy atom. The molecule has 0 spiro atoms. The van der Waals surface area contributed by atoms with Crippen molar-refractivity contribution >= 4 is 15.7 Å². The second-order valence-electron chi connectivity index (χ2n) is 3.97. The van der Waals surface area contributed by atoms with Crippen LogP contribution in [0.5, 0.6) is 0 Å². The number of hydrogen-bond donors (Lipinski definition) is 1. The Bertz CT molecular complexity index is 337. The lowest BCUT2D eigenvalue weighted by Crippen LogP contribution is -2.47. The van der Waals surface area contributed by atoms with Gasteiger partial charge in [0.2, 0.25) is 5.91 Å². The van der Waals surface area contributed by atoms with Crippen LogP contribution in [-0.4, -0.2) is 49.4 Å². The smallest absolute Gasteiger partial charge is 0.239 e. The van der Waals surface area contributed by atoms with Gasteiger partial charge in [-0.05, 0) is 20.3 Å². The first-order valence-corrected chi connectivity index (χ1v) is 6.96. The number of rotatable bonds is 3. The lowest BCUT2D eigenvalue weighted by Gasteiger charge is -2.28. The summed E-state index contributed by atoms with van der Waals surface area (Å²) in [5.74, 6) is 0.0966. The van der Waals surface area contributed by atoms with Crippen LogP contribution in [0.15, 0.2) is 0 Å². The summed E-state index contributed by atoms with van der Waals surface area (Å²) in [7, 11) is -2.94. The van der Waals surface area contributed by atoms with Crippen molar-refractivity contribution < 1.29 is 13.2 Å². The summed E-state index contributed by atoms with van der Waals surface area (Å²) in [5.41, 5.74) is 5.51. The van der Waals surface area contributed by atoms with Crippen LogP contribution in [-0.2, 0) is 14.6 Å². The fraction of sp³-hybridized carbons (Fsp3) is 0.889. The molecule has 1 fully saturated rings. The molecule has 1 aliphatic heterocycles. The summed E-state index contributed by atoms with van der Waals surface area (Å²) in [6.07, 6.45) is 0.536. The van der Waals surface area contributed by atoms with Crippen LogP contribution in [0.3, 0.4) is 0 Å². The molecular formula is C9H18N2O3S. The number of hydrogen-bond acceptors (Lipinski definition) is 4. The molecule has 0 radical (unpaired) electrons. The van der Waals surface area contributed by atoms with Crippen LogP contribution < -0.4 is 5.73 Å². The summed E-state index contributed by atoms with van der Waals surface area (Å²) >= 11 is 0. The van der Waals surface area contributed by atoms with E-state index in [1.807, 2.05) is 6.92 Å². The van der Waals surface area contributed by atoms with E-state index in [0.29, 0.717) is 13.0 Å². The molecule has 1 saturated heterocycles. The molecule has 5 nitrogen and oxygen atoms in total. The van der Waals surface area contributed by atoms with Gasteiger partial charge in [-0.2, -0.15) is 0 Å². The topological polar surface area (TPSA) is 80.5 Å². The lowest BCUT2D eigenvalue weighted by atomic mass is 10.2. The number of carbonyl (C=O) groups excluding carboxylic acids is 1. The van der Waals surface area contributed by atoms with Crippen LogP contribution in [0.25, 0.3) is 0 Å². The van der Waals surface area contributed by atoms with E-state index in [0.717, 1.165) is 0 Å². The molecule has 1 heterocycles. The Morgan fingerprint density at radius 1 is 1.60 bits per heavy atom. The third-order valence-electron chi connectivity index (χ3n) is 2.66. The zero-order valence-electron chi connectivity index (χ0n) is 9.14. The third-order valence-corrected chi connectivity index (χ3v) is 4.41. The summed E-state index contributed by atoms with van der Waals surface area (Å²) in [5, 5.41) is 0. The van der Waals surface area contributed by atoms with Crippen LogP contribution >= 0.6 is 0 Å². The summed E-state index contributed by atoms with van der Waals surface area (Å²) < 4.78 is 22.6. The average Bonchev–Trinajstić information content (AvgIpc) is 2.47. The van der Waals surface area contributed by atoms with Gasteiger partial charge in [-0.3, -0.25) is 4.79 Å². The van der Waals surface area contributed by atoms with E-state index >= 15 is 0 Å². The van der Waals surface area contributed by atoms with Crippen molar-refractivity contribution in [2.45, 2.75) is 32.4 Å². The predicted octanol–water partition coefficient (Wildman–Crippen LogP) is -0.631. The van der Waals surface area contributed by atoms with Crippen molar-refractivity contribution in [3.8, 4) is 0 Å². The van der Waals surface area contributed by atoms with Gasteiger partial charge in [0.1, 0.15) is 0 Å². The Hall–Kier alpha value is -0.620. The molecule has 88 valence electrons. The summed E-state index contributed by atoms with van der Waals surface area (Å²) in [4.78, 5) is 13.3. The average molecular weight is 234 g/mol.